The Morgan fingerprint density at radius 3 is 2.71 bits per heavy atom. The average molecular weight is 247 g/mol. The Hall–Kier alpha value is -1.32. The molecule has 1 N–H and O–H groups in total. The zero-order valence-corrected chi connectivity index (χ0v) is 10.4. The third-order valence-corrected chi connectivity index (χ3v) is 3.47. The van der Waals surface area contributed by atoms with Gasteiger partial charge in [-0.15, -0.1) is 0 Å². The molecule has 1 nitrogen and oxygen atoms in total. The SMILES string of the molecule is CNCc1ccccc1Sc1cccc(F)c1. The lowest BCUT2D eigenvalue weighted by atomic mass is 10.2. The zero-order valence-electron chi connectivity index (χ0n) is 9.61. The molecule has 0 spiro atoms. The molecule has 3 heteroatoms. The van der Waals surface area contributed by atoms with Crippen molar-refractivity contribution in [2.45, 2.75) is 16.3 Å². The highest BCUT2D eigenvalue weighted by atomic mass is 32.2. The van der Waals surface area contributed by atoms with Crippen molar-refractivity contribution in [3.05, 3.63) is 59.9 Å². The standard InChI is InChI=1S/C14H14FNS/c1-16-10-11-5-2-3-8-14(11)17-13-7-4-6-12(15)9-13/h2-9,16H,10H2,1H3. The molecular weight excluding hydrogens is 233 g/mol. The van der Waals surface area contributed by atoms with Crippen LogP contribution in [0.2, 0.25) is 0 Å². The molecule has 0 amide bonds. The van der Waals surface area contributed by atoms with Crippen LogP contribution in [0.3, 0.4) is 0 Å². The molecule has 0 heterocycles. The fraction of sp³-hybridized carbons (Fsp3) is 0.143. The number of halogens is 1. The summed E-state index contributed by atoms with van der Waals surface area (Å²) in [5.74, 6) is -0.193. The van der Waals surface area contributed by atoms with Crippen molar-refractivity contribution in [3.8, 4) is 0 Å². The van der Waals surface area contributed by atoms with Gasteiger partial charge in [0.05, 0.1) is 0 Å². The predicted octanol–water partition coefficient (Wildman–Crippen LogP) is 3.70. The van der Waals surface area contributed by atoms with Gasteiger partial charge in [-0.25, -0.2) is 4.39 Å². The summed E-state index contributed by atoms with van der Waals surface area (Å²) >= 11 is 1.59. The monoisotopic (exact) mass is 247 g/mol. The summed E-state index contributed by atoms with van der Waals surface area (Å²) in [6, 6.07) is 14.8. The Labute approximate surface area is 105 Å². The molecular formula is C14H14FNS. The second-order valence-corrected chi connectivity index (χ2v) is 4.81. The van der Waals surface area contributed by atoms with Crippen LogP contribution in [0.4, 0.5) is 4.39 Å². The second kappa shape index (κ2) is 5.84. The second-order valence-electron chi connectivity index (χ2n) is 3.70. The Kier molecular flexibility index (Phi) is 4.18. The van der Waals surface area contributed by atoms with Gasteiger partial charge in [0.2, 0.25) is 0 Å². The van der Waals surface area contributed by atoms with Gasteiger partial charge in [-0.1, -0.05) is 36.0 Å². The van der Waals surface area contributed by atoms with Gasteiger partial charge in [-0.2, -0.15) is 0 Å². The minimum absolute atomic E-state index is 0.193. The molecule has 2 aromatic rings. The Balaban J connectivity index is 2.23. The van der Waals surface area contributed by atoms with E-state index >= 15 is 0 Å². The van der Waals surface area contributed by atoms with Crippen molar-refractivity contribution >= 4 is 11.8 Å². The summed E-state index contributed by atoms with van der Waals surface area (Å²) in [6.07, 6.45) is 0. The normalized spacial score (nSPS) is 10.5. The smallest absolute Gasteiger partial charge is 0.124 e. The molecule has 0 radical (unpaired) electrons. The third kappa shape index (κ3) is 3.32. The van der Waals surface area contributed by atoms with E-state index in [0.717, 1.165) is 16.3 Å². The van der Waals surface area contributed by atoms with Gasteiger partial charge < -0.3 is 5.32 Å². The maximum atomic E-state index is 13.1. The van der Waals surface area contributed by atoms with E-state index in [9.17, 15) is 4.39 Å². The van der Waals surface area contributed by atoms with Gasteiger partial charge in [0.1, 0.15) is 5.82 Å². The zero-order chi connectivity index (χ0) is 12.1. The van der Waals surface area contributed by atoms with Crippen molar-refractivity contribution in [3.63, 3.8) is 0 Å². The molecule has 0 aliphatic heterocycles. The molecule has 2 aromatic carbocycles. The van der Waals surface area contributed by atoms with Crippen molar-refractivity contribution in [1.82, 2.24) is 5.32 Å². The molecule has 0 aliphatic carbocycles. The number of benzene rings is 2. The first-order valence-electron chi connectivity index (χ1n) is 5.45. The quantitative estimate of drug-likeness (QED) is 0.884. The maximum absolute atomic E-state index is 13.1. The first-order chi connectivity index (χ1) is 8.29. The summed E-state index contributed by atoms with van der Waals surface area (Å²) in [5.41, 5.74) is 1.23. The van der Waals surface area contributed by atoms with Crippen LogP contribution < -0.4 is 5.32 Å². The first-order valence-corrected chi connectivity index (χ1v) is 6.27. The molecule has 0 fully saturated rings. The molecule has 0 aromatic heterocycles. The van der Waals surface area contributed by atoms with Gasteiger partial charge >= 0.3 is 0 Å². The van der Waals surface area contributed by atoms with Gasteiger partial charge in [0.25, 0.3) is 0 Å². The molecule has 0 unspecified atom stereocenters. The number of hydrogen-bond acceptors (Lipinski definition) is 2. The van der Waals surface area contributed by atoms with Gasteiger partial charge in [-0.05, 0) is 36.9 Å². The van der Waals surface area contributed by atoms with Crippen LogP contribution in [0.1, 0.15) is 5.56 Å². The Morgan fingerprint density at radius 2 is 1.94 bits per heavy atom. The van der Waals surface area contributed by atoms with Gasteiger partial charge in [0.15, 0.2) is 0 Å². The molecule has 0 atom stereocenters. The highest BCUT2D eigenvalue weighted by Gasteiger charge is 2.03. The van der Waals surface area contributed by atoms with Gasteiger partial charge in [0, 0.05) is 16.3 Å². The average Bonchev–Trinajstić information content (AvgIpc) is 2.32. The molecule has 88 valence electrons. The van der Waals surface area contributed by atoms with Crippen molar-refractivity contribution in [2.24, 2.45) is 0 Å². The molecule has 0 saturated heterocycles. The molecule has 0 aliphatic rings. The Bertz CT molecular complexity index is 499. The topological polar surface area (TPSA) is 12.0 Å². The van der Waals surface area contributed by atoms with Gasteiger partial charge in [-0.3, -0.25) is 0 Å². The fourth-order valence-electron chi connectivity index (χ4n) is 1.60. The molecule has 2 rings (SSSR count). The van der Waals surface area contributed by atoms with E-state index in [4.69, 9.17) is 0 Å². The van der Waals surface area contributed by atoms with Crippen LogP contribution in [-0.4, -0.2) is 7.05 Å². The maximum Gasteiger partial charge on any atom is 0.124 e. The largest absolute Gasteiger partial charge is 0.316 e. The predicted molar refractivity (Wildman–Crippen MR) is 69.7 cm³/mol. The fourth-order valence-corrected chi connectivity index (χ4v) is 2.59. The van der Waals surface area contributed by atoms with Crippen LogP contribution in [-0.2, 0) is 6.54 Å². The summed E-state index contributed by atoms with van der Waals surface area (Å²) in [6.45, 7) is 0.818. The van der Waals surface area contributed by atoms with E-state index in [1.165, 1.54) is 11.6 Å². The molecule has 0 saturated carbocycles. The van der Waals surface area contributed by atoms with Crippen LogP contribution in [0.5, 0.6) is 0 Å². The van der Waals surface area contributed by atoms with Crippen LogP contribution in [0.15, 0.2) is 58.3 Å². The van der Waals surface area contributed by atoms with E-state index in [2.05, 4.69) is 17.4 Å². The highest BCUT2D eigenvalue weighted by Crippen LogP contribution is 2.30. The van der Waals surface area contributed by atoms with E-state index in [0.29, 0.717) is 0 Å². The van der Waals surface area contributed by atoms with Crippen molar-refractivity contribution < 1.29 is 4.39 Å². The minimum Gasteiger partial charge on any atom is -0.316 e. The number of nitrogens with one attached hydrogen (secondary N) is 1. The van der Waals surface area contributed by atoms with E-state index < -0.39 is 0 Å². The number of rotatable bonds is 4. The van der Waals surface area contributed by atoms with Crippen LogP contribution in [0, 0.1) is 5.82 Å². The van der Waals surface area contributed by atoms with Crippen molar-refractivity contribution in [1.29, 1.82) is 0 Å². The third-order valence-electron chi connectivity index (χ3n) is 2.36. The molecule has 0 bridgehead atoms. The van der Waals surface area contributed by atoms with E-state index in [1.807, 2.05) is 25.2 Å². The summed E-state index contributed by atoms with van der Waals surface area (Å²) in [5, 5.41) is 3.13. The first kappa shape index (κ1) is 12.1. The van der Waals surface area contributed by atoms with E-state index in [-0.39, 0.29) is 5.82 Å². The lowest BCUT2D eigenvalue weighted by Crippen LogP contribution is -2.05. The summed E-state index contributed by atoms with van der Waals surface area (Å²) < 4.78 is 13.1. The van der Waals surface area contributed by atoms with Crippen LogP contribution >= 0.6 is 11.8 Å². The molecule has 17 heavy (non-hydrogen) atoms. The Morgan fingerprint density at radius 1 is 1.12 bits per heavy atom. The van der Waals surface area contributed by atoms with Crippen LogP contribution in [0.25, 0.3) is 0 Å². The lowest BCUT2D eigenvalue weighted by Gasteiger charge is -2.08. The lowest BCUT2D eigenvalue weighted by molar-refractivity contribution is 0.624. The minimum atomic E-state index is -0.193. The van der Waals surface area contributed by atoms with Crippen molar-refractivity contribution in [2.75, 3.05) is 7.05 Å². The highest BCUT2D eigenvalue weighted by molar-refractivity contribution is 7.99. The summed E-state index contributed by atoms with van der Waals surface area (Å²) in [7, 11) is 1.92. The number of hydrogen-bond donors (Lipinski definition) is 1. The van der Waals surface area contributed by atoms with E-state index in [1.54, 1.807) is 23.9 Å². The summed E-state index contributed by atoms with van der Waals surface area (Å²) in [4.78, 5) is 2.08.